The first-order valence-corrected chi connectivity index (χ1v) is 6.19. The number of hydrogen-bond acceptors (Lipinski definition) is 4. The molecule has 0 atom stereocenters. The topological polar surface area (TPSA) is 45.6 Å². The normalized spacial score (nSPS) is 10.4. The fourth-order valence-electron chi connectivity index (χ4n) is 2.08. The lowest BCUT2D eigenvalue weighted by Crippen LogP contribution is -2.27. The lowest BCUT2D eigenvalue weighted by molar-refractivity contribution is 0.303. The lowest BCUT2D eigenvalue weighted by Gasteiger charge is -2.22. The number of nitrogens with zero attached hydrogens (tertiary/aromatic N) is 2. The number of hydrogen-bond donors (Lipinski definition) is 1. The van der Waals surface area contributed by atoms with E-state index in [2.05, 4.69) is 11.6 Å². The van der Waals surface area contributed by atoms with Crippen molar-refractivity contribution in [1.82, 2.24) is 4.98 Å². The molecule has 1 aromatic carbocycles. The van der Waals surface area contributed by atoms with Crippen LogP contribution in [-0.4, -0.2) is 36.9 Å². The number of methoxy groups -OCH3 is 1. The van der Waals surface area contributed by atoms with Gasteiger partial charge in [-0.15, -0.1) is 6.58 Å². The van der Waals surface area contributed by atoms with Gasteiger partial charge in [0.1, 0.15) is 11.6 Å². The second kappa shape index (κ2) is 6.20. The van der Waals surface area contributed by atoms with Gasteiger partial charge in [0.2, 0.25) is 0 Å². The van der Waals surface area contributed by atoms with Gasteiger partial charge in [-0.2, -0.15) is 0 Å². The molecule has 0 aliphatic rings. The van der Waals surface area contributed by atoms with Crippen molar-refractivity contribution in [2.75, 3.05) is 31.7 Å². The molecule has 0 spiro atoms. The third-order valence-electron chi connectivity index (χ3n) is 2.97. The molecular weight excluding hydrogens is 240 g/mol. The van der Waals surface area contributed by atoms with Crippen LogP contribution in [0.1, 0.15) is 0 Å². The first kappa shape index (κ1) is 13.4. The summed E-state index contributed by atoms with van der Waals surface area (Å²) in [5.41, 5.74) is 0. The molecule has 0 radical (unpaired) electrons. The molecule has 2 rings (SSSR count). The monoisotopic (exact) mass is 258 g/mol. The highest BCUT2D eigenvalue weighted by atomic mass is 16.5. The van der Waals surface area contributed by atoms with Crippen molar-refractivity contribution in [2.24, 2.45) is 0 Å². The Hall–Kier alpha value is -2.07. The van der Waals surface area contributed by atoms with Gasteiger partial charge in [0.05, 0.1) is 13.7 Å². The predicted molar refractivity (Wildman–Crippen MR) is 77.8 cm³/mol. The second-order valence-electron chi connectivity index (χ2n) is 4.18. The Morgan fingerprint density at radius 3 is 2.95 bits per heavy atom. The molecule has 0 saturated carbocycles. The summed E-state index contributed by atoms with van der Waals surface area (Å²) in [7, 11) is 1.65. The van der Waals surface area contributed by atoms with Gasteiger partial charge in [0, 0.05) is 24.7 Å². The van der Waals surface area contributed by atoms with Crippen molar-refractivity contribution in [2.45, 2.75) is 0 Å². The zero-order valence-electron chi connectivity index (χ0n) is 11.0. The van der Waals surface area contributed by atoms with E-state index in [1.54, 1.807) is 19.4 Å². The van der Waals surface area contributed by atoms with E-state index in [1.165, 1.54) is 0 Å². The molecule has 0 unspecified atom stereocenters. The molecular formula is C15H18N2O2. The quantitative estimate of drug-likeness (QED) is 0.807. The minimum atomic E-state index is 0.0854. The number of aliphatic hydroxyl groups is 1. The van der Waals surface area contributed by atoms with Crippen LogP contribution < -0.4 is 9.64 Å². The number of aromatic nitrogens is 1. The standard InChI is InChI=1S/C15H18N2O2/c1-3-8-17(9-10-18)15-14-5-4-13(19-2)11-12(14)6-7-16-15/h3-7,11,18H,1,8-10H2,2H3. The number of ether oxygens (including phenoxy) is 1. The smallest absolute Gasteiger partial charge is 0.136 e. The van der Waals surface area contributed by atoms with Gasteiger partial charge in [-0.1, -0.05) is 6.08 Å². The SMILES string of the molecule is C=CCN(CCO)c1nccc2cc(OC)ccc12. The molecule has 2 aromatic rings. The minimum Gasteiger partial charge on any atom is -0.497 e. The second-order valence-corrected chi connectivity index (χ2v) is 4.18. The molecule has 0 fully saturated rings. The first-order valence-electron chi connectivity index (χ1n) is 6.19. The Morgan fingerprint density at radius 2 is 2.26 bits per heavy atom. The average molecular weight is 258 g/mol. The van der Waals surface area contributed by atoms with Crippen molar-refractivity contribution in [3.8, 4) is 5.75 Å². The van der Waals surface area contributed by atoms with E-state index < -0.39 is 0 Å². The van der Waals surface area contributed by atoms with Crippen molar-refractivity contribution in [3.63, 3.8) is 0 Å². The van der Waals surface area contributed by atoms with E-state index in [9.17, 15) is 0 Å². The van der Waals surface area contributed by atoms with Crippen LogP contribution in [0.25, 0.3) is 10.8 Å². The van der Waals surface area contributed by atoms with Crippen LogP contribution in [0.4, 0.5) is 5.82 Å². The Morgan fingerprint density at radius 1 is 1.42 bits per heavy atom. The van der Waals surface area contributed by atoms with E-state index in [4.69, 9.17) is 9.84 Å². The highest BCUT2D eigenvalue weighted by Crippen LogP contribution is 2.27. The number of anilines is 1. The van der Waals surface area contributed by atoms with E-state index in [0.717, 1.165) is 22.3 Å². The molecule has 0 bridgehead atoms. The summed E-state index contributed by atoms with van der Waals surface area (Å²) in [6, 6.07) is 7.83. The zero-order valence-corrected chi connectivity index (χ0v) is 11.0. The van der Waals surface area contributed by atoms with Crippen LogP contribution >= 0.6 is 0 Å². The Labute approximate surface area is 113 Å². The number of rotatable bonds is 6. The fraction of sp³-hybridized carbons (Fsp3) is 0.267. The lowest BCUT2D eigenvalue weighted by atomic mass is 10.1. The maximum atomic E-state index is 9.16. The van der Waals surface area contributed by atoms with Crippen molar-refractivity contribution in [1.29, 1.82) is 0 Å². The summed E-state index contributed by atoms with van der Waals surface area (Å²) in [4.78, 5) is 6.43. The summed E-state index contributed by atoms with van der Waals surface area (Å²) in [6.07, 6.45) is 3.57. The van der Waals surface area contributed by atoms with Crippen LogP contribution in [-0.2, 0) is 0 Å². The van der Waals surface area contributed by atoms with Crippen LogP contribution in [0.5, 0.6) is 5.75 Å². The van der Waals surface area contributed by atoms with Gasteiger partial charge in [-0.05, 0) is 29.7 Å². The summed E-state index contributed by atoms with van der Waals surface area (Å²) in [5.74, 6) is 1.68. The third-order valence-corrected chi connectivity index (χ3v) is 2.97. The summed E-state index contributed by atoms with van der Waals surface area (Å²) < 4.78 is 5.23. The maximum Gasteiger partial charge on any atom is 0.136 e. The average Bonchev–Trinajstić information content (AvgIpc) is 2.46. The Kier molecular flexibility index (Phi) is 4.36. The Balaban J connectivity index is 2.49. The van der Waals surface area contributed by atoms with E-state index in [-0.39, 0.29) is 6.61 Å². The molecule has 100 valence electrons. The Bertz CT molecular complexity index is 569. The molecule has 1 heterocycles. The molecule has 19 heavy (non-hydrogen) atoms. The van der Waals surface area contributed by atoms with E-state index in [1.807, 2.05) is 29.2 Å². The van der Waals surface area contributed by atoms with Crippen molar-refractivity contribution in [3.05, 3.63) is 43.1 Å². The van der Waals surface area contributed by atoms with Crippen molar-refractivity contribution >= 4 is 16.6 Å². The fourth-order valence-corrected chi connectivity index (χ4v) is 2.08. The van der Waals surface area contributed by atoms with Gasteiger partial charge < -0.3 is 14.7 Å². The molecule has 4 heteroatoms. The summed E-state index contributed by atoms with van der Waals surface area (Å²) in [5, 5.41) is 11.3. The highest BCUT2D eigenvalue weighted by molar-refractivity contribution is 5.93. The largest absolute Gasteiger partial charge is 0.497 e. The van der Waals surface area contributed by atoms with Gasteiger partial charge in [-0.3, -0.25) is 0 Å². The van der Waals surface area contributed by atoms with Gasteiger partial charge >= 0.3 is 0 Å². The molecule has 4 nitrogen and oxygen atoms in total. The maximum absolute atomic E-state index is 9.16. The predicted octanol–water partition coefficient (Wildman–Crippen LogP) is 2.23. The molecule has 0 aliphatic carbocycles. The van der Waals surface area contributed by atoms with Gasteiger partial charge in [0.15, 0.2) is 0 Å². The van der Waals surface area contributed by atoms with E-state index in [0.29, 0.717) is 13.1 Å². The van der Waals surface area contributed by atoms with Crippen molar-refractivity contribution < 1.29 is 9.84 Å². The number of pyridine rings is 1. The van der Waals surface area contributed by atoms with Crippen LogP contribution in [0, 0.1) is 0 Å². The zero-order chi connectivity index (χ0) is 13.7. The number of aliphatic hydroxyl groups excluding tert-OH is 1. The van der Waals surface area contributed by atoms with Crippen LogP contribution in [0.2, 0.25) is 0 Å². The molecule has 0 aliphatic heterocycles. The number of fused-ring (bicyclic) bond motifs is 1. The van der Waals surface area contributed by atoms with Crippen LogP contribution in [0.15, 0.2) is 43.1 Å². The van der Waals surface area contributed by atoms with Gasteiger partial charge in [-0.25, -0.2) is 4.98 Å². The van der Waals surface area contributed by atoms with E-state index >= 15 is 0 Å². The summed E-state index contributed by atoms with van der Waals surface area (Å²) in [6.45, 7) is 5.01. The minimum absolute atomic E-state index is 0.0854. The molecule has 0 amide bonds. The molecule has 0 saturated heterocycles. The summed E-state index contributed by atoms with van der Waals surface area (Å²) >= 11 is 0. The van der Waals surface area contributed by atoms with Crippen LogP contribution in [0.3, 0.4) is 0 Å². The third kappa shape index (κ3) is 2.85. The number of benzene rings is 1. The first-order chi connectivity index (χ1) is 9.30. The molecule has 1 aromatic heterocycles. The van der Waals surface area contributed by atoms with Gasteiger partial charge in [0.25, 0.3) is 0 Å². The highest BCUT2D eigenvalue weighted by Gasteiger charge is 2.10. The molecule has 1 N–H and O–H groups in total.